The van der Waals surface area contributed by atoms with E-state index in [0.29, 0.717) is 29.1 Å². The lowest BCUT2D eigenvalue weighted by Gasteiger charge is -2.34. The monoisotopic (exact) mass is 416 g/mol. The summed E-state index contributed by atoms with van der Waals surface area (Å²) in [5.41, 5.74) is 5.51. The molecule has 6 nitrogen and oxygen atoms in total. The van der Waals surface area contributed by atoms with Crippen LogP contribution in [0.4, 0.5) is 5.69 Å². The van der Waals surface area contributed by atoms with Gasteiger partial charge < -0.3 is 20.1 Å². The number of hydrogen-bond donors (Lipinski definition) is 2. The molecule has 1 atom stereocenters. The van der Waals surface area contributed by atoms with Gasteiger partial charge in [-0.25, -0.2) is 0 Å². The van der Waals surface area contributed by atoms with Crippen LogP contribution >= 0.6 is 0 Å². The van der Waals surface area contributed by atoms with Crippen molar-refractivity contribution in [2.75, 3.05) is 12.1 Å². The van der Waals surface area contributed by atoms with Gasteiger partial charge in [0.25, 0.3) is 5.91 Å². The topological polar surface area (TPSA) is 76.7 Å². The number of fused-ring (bicyclic) bond motifs is 1. The summed E-state index contributed by atoms with van der Waals surface area (Å²) in [5.74, 6) is 0.728. The Morgan fingerprint density at radius 2 is 1.87 bits per heavy atom. The first-order valence-electron chi connectivity index (χ1n) is 10.5. The Morgan fingerprint density at radius 1 is 1.06 bits per heavy atom. The van der Waals surface area contributed by atoms with Gasteiger partial charge in [-0.3, -0.25) is 9.59 Å². The molecule has 2 aliphatic heterocycles. The fourth-order valence-corrected chi connectivity index (χ4v) is 4.61. The second-order valence-corrected chi connectivity index (χ2v) is 8.15. The number of ether oxygens (including phenoxy) is 2. The van der Waals surface area contributed by atoms with Gasteiger partial charge in [0.15, 0.2) is 17.3 Å². The van der Waals surface area contributed by atoms with E-state index in [-0.39, 0.29) is 18.5 Å². The van der Waals surface area contributed by atoms with Crippen molar-refractivity contribution < 1.29 is 19.1 Å². The third kappa shape index (κ3) is 3.38. The predicted octanol–water partition coefficient (Wildman–Crippen LogP) is 4.33. The van der Waals surface area contributed by atoms with Gasteiger partial charge in [-0.15, -0.1) is 0 Å². The number of carbonyl (C=O) groups excluding carboxylic acids is 2. The standard InChI is InChI=1S/C25H24N2O4/c1-14-6-3-4-7-17(14)27-25(29)22-15(2)26-18-8-5-9-19(28)24(18)23(22)16-10-11-20-21(12-16)31-13-30-20/h3-4,6-7,10-12,23,26H,5,8-9,13H2,1-2H3,(H,27,29). The molecule has 3 aliphatic rings. The van der Waals surface area contributed by atoms with Crippen LogP contribution in [0.1, 0.15) is 43.2 Å². The van der Waals surface area contributed by atoms with Gasteiger partial charge in [0, 0.05) is 40.6 Å². The zero-order chi connectivity index (χ0) is 21.5. The summed E-state index contributed by atoms with van der Waals surface area (Å²) in [6.45, 7) is 4.03. The van der Waals surface area contributed by atoms with Crippen molar-refractivity contribution in [2.45, 2.75) is 39.0 Å². The van der Waals surface area contributed by atoms with E-state index in [1.807, 2.05) is 56.3 Å². The molecule has 1 aliphatic carbocycles. The number of amides is 1. The van der Waals surface area contributed by atoms with Crippen molar-refractivity contribution in [2.24, 2.45) is 0 Å². The Bertz CT molecular complexity index is 1160. The molecule has 0 fully saturated rings. The highest BCUT2D eigenvalue weighted by molar-refractivity contribution is 6.10. The molecule has 0 radical (unpaired) electrons. The Labute approximate surface area is 180 Å². The molecule has 6 heteroatoms. The van der Waals surface area contributed by atoms with Crippen molar-refractivity contribution in [3.8, 4) is 11.5 Å². The lowest BCUT2D eigenvalue weighted by Crippen LogP contribution is -2.35. The number of benzene rings is 2. The number of ketones is 1. The summed E-state index contributed by atoms with van der Waals surface area (Å²) < 4.78 is 11.0. The minimum atomic E-state index is -0.456. The molecule has 5 rings (SSSR count). The molecule has 2 aromatic carbocycles. The lowest BCUT2D eigenvalue weighted by molar-refractivity contribution is -0.116. The first kappa shape index (κ1) is 19.4. The van der Waals surface area contributed by atoms with Crippen molar-refractivity contribution in [1.82, 2.24) is 5.32 Å². The molecule has 158 valence electrons. The minimum absolute atomic E-state index is 0.0881. The van der Waals surface area contributed by atoms with Gasteiger partial charge in [0.1, 0.15) is 0 Å². The largest absolute Gasteiger partial charge is 0.454 e. The van der Waals surface area contributed by atoms with Crippen molar-refractivity contribution >= 4 is 17.4 Å². The fourth-order valence-electron chi connectivity index (χ4n) is 4.61. The second-order valence-electron chi connectivity index (χ2n) is 8.15. The van der Waals surface area contributed by atoms with Crippen LogP contribution in [0.15, 0.2) is 65.0 Å². The number of para-hydroxylation sites is 1. The smallest absolute Gasteiger partial charge is 0.254 e. The van der Waals surface area contributed by atoms with E-state index in [1.54, 1.807) is 0 Å². The number of allylic oxidation sites excluding steroid dienone is 3. The summed E-state index contributed by atoms with van der Waals surface area (Å²) in [7, 11) is 0. The van der Waals surface area contributed by atoms with E-state index in [9.17, 15) is 9.59 Å². The van der Waals surface area contributed by atoms with Crippen LogP contribution in [0.3, 0.4) is 0 Å². The molecular formula is C25H24N2O4. The Kier molecular flexibility index (Phi) is 4.77. The van der Waals surface area contributed by atoms with Gasteiger partial charge in [-0.1, -0.05) is 24.3 Å². The highest BCUT2D eigenvalue weighted by Gasteiger charge is 2.39. The molecule has 0 bridgehead atoms. The van der Waals surface area contributed by atoms with Crippen LogP contribution in [-0.4, -0.2) is 18.5 Å². The van der Waals surface area contributed by atoms with Gasteiger partial charge >= 0.3 is 0 Å². The number of carbonyl (C=O) groups is 2. The highest BCUT2D eigenvalue weighted by Crippen LogP contribution is 2.45. The van der Waals surface area contributed by atoms with Gasteiger partial charge in [0.05, 0.1) is 0 Å². The van der Waals surface area contributed by atoms with Crippen LogP contribution in [0.5, 0.6) is 11.5 Å². The SMILES string of the molecule is CC1=C(C(=O)Nc2ccccc2C)C(c2ccc3c(c2)OCO3)C2=C(CCCC2=O)N1. The maximum absolute atomic E-state index is 13.5. The Morgan fingerprint density at radius 3 is 2.71 bits per heavy atom. The van der Waals surface area contributed by atoms with E-state index < -0.39 is 5.92 Å². The van der Waals surface area contributed by atoms with E-state index in [4.69, 9.17) is 9.47 Å². The summed E-state index contributed by atoms with van der Waals surface area (Å²) in [5, 5.41) is 6.40. The molecule has 0 spiro atoms. The van der Waals surface area contributed by atoms with E-state index in [1.165, 1.54) is 0 Å². The Hall–Kier alpha value is -3.54. The van der Waals surface area contributed by atoms with Crippen LogP contribution < -0.4 is 20.1 Å². The number of aryl methyl sites for hydroxylation is 1. The van der Waals surface area contributed by atoms with Crippen molar-refractivity contribution in [3.63, 3.8) is 0 Å². The number of nitrogens with one attached hydrogen (secondary N) is 2. The quantitative estimate of drug-likeness (QED) is 0.779. The average molecular weight is 416 g/mol. The number of rotatable bonds is 3. The zero-order valence-electron chi connectivity index (χ0n) is 17.6. The molecule has 0 saturated heterocycles. The summed E-state index contributed by atoms with van der Waals surface area (Å²) >= 11 is 0. The molecule has 0 saturated carbocycles. The number of anilines is 1. The average Bonchev–Trinajstić information content (AvgIpc) is 3.22. The first-order chi connectivity index (χ1) is 15.0. The number of dihydropyridines is 1. The summed E-state index contributed by atoms with van der Waals surface area (Å²) in [6.07, 6.45) is 2.11. The minimum Gasteiger partial charge on any atom is -0.454 e. The summed E-state index contributed by atoms with van der Waals surface area (Å²) in [4.78, 5) is 26.6. The molecule has 0 aromatic heterocycles. The normalized spacial score (nSPS) is 19.8. The second kappa shape index (κ2) is 7.61. The molecule has 2 heterocycles. The van der Waals surface area contributed by atoms with Crippen LogP contribution in [-0.2, 0) is 9.59 Å². The van der Waals surface area contributed by atoms with Crippen LogP contribution in [0, 0.1) is 6.92 Å². The van der Waals surface area contributed by atoms with E-state index in [0.717, 1.165) is 41.1 Å². The maximum Gasteiger partial charge on any atom is 0.254 e. The molecule has 1 amide bonds. The lowest BCUT2D eigenvalue weighted by atomic mass is 9.75. The van der Waals surface area contributed by atoms with E-state index in [2.05, 4.69) is 10.6 Å². The third-order valence-corrected chi connectivity index (χ3v) is 6.14. The predicted molar refractivity (Wildman–Crippen MR) is 117 cm³/mol. The first-order valence-corrected chi connectivity index (χ1v) is 10.5. The molecular weight excluding hydrogens is 392 g/mol. The van der Waals surface area contributed by atoms with Gasteiger partial charge in [-0.2, -0.15) is 0 Å². The molecule has 1 unspecified atom stereocenters. The van der Waals surface area contributed by atoms with E-state index >= 15 is 0 Å². The van der Waals surface area contributed by atoms with Crippen LogP contribution in [0.25, 0.3) is 0 Å². The number of hydrogen-bond acceptors (Lipinski definition) is 5. The van der Waals surface area contributed by atoms with Crippen molar-refractivity contribution in [1.29, 1.82) is 0 Å². The number of Topliss-reactive ketones (excluding diaryl/α,β-unsaturated/α-hetero) is 1. The Balaban J connectivity index is 1.60. The van der Waals surface area contributed by atoms with Crippen molar-refractivity contribution in [3.05, 3.63) is 76.1 Å². The molecule has 2 N–H and O–H groups in total. The van der Waals surface area contributed by atoms with Crippen LogP contribution in [0.2, 0.25) is 0 Å². The third-order valence-electron chi connectivity index (χ3n) is 6.14. The highest BCUT2D eigenvalue weighted by atomic mass is 16.7. The molecule has 31 heavy (non-hydrogen) atoms. The summed E-state index contributed by atoms with van der Waals surface area (Å²) in [6, 6.07) is 13.3. The fraction of sp³-hybridized carbons (Fsp3) is 0.280. The molecule has 2 aromatic rings. The van der Waals surface area contributed by atoms with Gasteiger partial charge in [-0.05, 0) is 56.0 Å². The zero-order valence-corrected chi connectivity index (χ0v) is 17.6. The van der Waals surface area contributed by atoms with Gasteiger partial charge in [0.2, 0.25) is 6.79 Å². The maximum atomic E-state index is 13.5.